The second-order valence-electron chi connectivity index (χ2n) is 11.0. The molecule has 0 aromatic heterocycles. The van der Waals surface area contributed by atoms with Gasteiger partial charge in [0.1, 0.15) is 6.04 Å². The van der Waals surface area contributed by atoms with Crippen molar-refractivity contribution in [3.8, 4) is 11.1 Å². The van der Waals surface area contributed by atoms with Gasteiger partial charge in [0.15, 0.2) is 0 Å². The Morgan fingerprint density at radius 1 is 0.900 bits per heavy atom. The molecule has 0 unspecified atom stereocenters. The molecule has 7 heteroatoms. The highest BCUT2D eigenvalue weighted by atomic mass is 35.5. The Hall–Kier alpha value is -3.90. The summed E-state index contributed by atoms with van der Waals surface area (Å²) in [5, 5.41) is 15.9. The number of hydrogen-bond acceptors (Lipinski definition) is 3. The van der Waals surface area contributed by atoms with Gasteiger partial charge in [0.2, 0.25) is 11.8 Å². The number of aliphatic carboxylic acids is 1. The molecule has 0 fully saturated rings. The van der Waals surface area contributed by atoms with E-state index in [4.69, 9.17) is 11.6 Å². The molecule has 3 atom stereocenters. The molecule has 0 saturated heterocycles. The van der Waals surface area contributed by atoms with Gasteiger partial charge >= 0.3 is 5.97 Å². The lowest BCUT2D eigenvalue weighted by Crippen LogP contribution is -2.55. The van der Waals surface area contributed by atoms with Crippen molar-refractivity contribution in [2.45, 2.75) is 52.6 Å². The molecule has 3 aromatic carbocycles. The number of carboxylic acids is 1. The second-order valence-corrected chi connectivity index (χ2v) is 11.4. The van der Waals surface area contributed by atoms with Crippen LogP contribution in [-0.2, 0) is 14.4 Å². The van der Waals surface area contributed by atoms with Gasteiger partial charge in [0, 0.05) is 10.6 Å². The van der Waals surface area contributed by atoms with Gasteiger partial charge in [-0.25, -0.2) is 0 Å². The van der Waals surface area contributed by atoms with E-state index in [9.17, 15) is 19.5 Å². The van der Waals surface area contributed by atoms with Crippen LogP contribution in [0.25, 0.3) is 17.2 Å². The van der Waals surface area contributed by atoms with E-state index in [2.05, 4.69) is 10.6 Å². The van der Waals surface area contributed by atoms with Crippen LogP contribution in [0.5, 0.6) is 0 Å². The van der Waals surface area contributed by atoms with E-state index in [1.54, 1.807) is 6.08 Å². The summed E-state index contributed by atoms with van der Waals surface area (Å²) in [5.41, 5.74) is 3.10. The van der Waals surface area contributed by atoms with E-state index >= 15 is 0 Å². The van der Waals surface area contributed by atoms with E-state index in [-0.39, 0.29) is 24.8 Å². The number of carbonyl (C=O) groups is 3. The molecule has 210 valence electrons. The molecule has 0 aliphatic rings. The van der Waals surface area contributed by atoms with Crippen LogP contribution in [-0.4, -0.2) is 28.9 Å². The Morgan fingerprint density at radius 3 is 2.10 bits per heavy atom. The minimum absolute atomic E-state index is 0.190. The third-order valence-corrected chi connectivity index (χ3v) is 6.99. The third-order valence-electron chi connectivity index (χ3n) is 6.67. The zero-order chi connectivity index (χ0) is 29.3. The smallest absolute Gasteiger partial charge is 0.304 e. The largest absolute Gasteiger partial charge is 0.481 e. The summed E-state index contributed by atoms with van der Waals surface area (Å²) in [6, 6.07) is 23.9. The highest BCUT2D eigenvalue weighted by Crippen LogP contribution is 2.29. The summed E-state index contributed by atoms with van der Waals surface area (Å²) in [5.74, 6) is -2.74. The number of rotatable bonds is 11. The zero-order valence-electron chi connectivity index (χ0n) is 23.4. The van der Waals surface area contributed by atoms with Crippen LogP contribution < -0.4 is 10.6 Å². The molecule has 0 bridgehead atoms. The summed E-state index contributed by atoms with van der Waals surface area (Å²) in [6.45, 7) is 7.46. The van der Waals surface area contributed by atoms with Crippen LogP contribution >= 0.6 is 11.6 Å². The SMILES string of the molecule is C[C@@H](NC(=O)[C@@H](NC(=O)[C@H](CC=Cc1ccc(-c2ccccc2)c(Cl)c1)CC(=O)O)C(C)(C)C)c1ccccc1. The van der Waals surface area contributed by atoms with Gasteiger partial charge in [-0.05, 0) is 41.5 Å². The predicted molar refractivity (Wildman–Crippen MR) is 161 cm³/mol. The number of nitrogens with one attached hydrogen (secondary N) is 2. The van der Waals surface area contributed by atoms with Gasteiger partial charge < -0.3 is 15.7 Å². The second kappa shape index (κ2) is 13.9. The Kier molecular flexibility index (Phi) is 10.7. The van der Waals surface area contributed by atoms with Crippen molar-refractivity contribution in [3.05, 3.63) is 101 Å². The molecular weight excluding hydrogens is 524 g/mol. The first-order valence-electron chi connectivity index (χ1n) is 13.3. The maximum Gasteiger partial charge on any atom is 0.304 e. The topological polar surface area (TPSA) is 95.5 Å². The van der Waals surface area contributed by atoms with Gasteiger partial charge in [-0.15, -0.1) is 0 Å². The molecule has 0 heterocycles. The van der Waals surface area contributed by atoms with E-state index in [1.165, 1.54) is 0 Å². The van der Waals surface area contributed by atoms with Crippen molar-refractivity contribution in [2.75, 3.05) is 0 Å². The molecule has 0 aliphatic carbocycles. The van der Waals surface area contributed by atoms with Gasteiger partial charge in [-0.2, -0.15) is 0 Å². The zero-order valence-corrected chi connectivity index (χ0v) is 24.1. The number of hydrogen-bond donors (Lipinski definition) is 3. The Balaban J connectivity index is 1.70. The van der Waals surface area contributed by atoms with E-state index < -0.39 is 29.3 Å². The van der Waals surface area contributed by atoms with Crippen molar-refractivity contribution >= 4 is 35.5 Å². The summed E-state index contributed by atoms with van der Waals surface area (Å²) in [6.07, 6.45) is 3.42. The average Bonchev–Trinajstić information content (AvgIpc) is 2.91. The van der Waals surface area contributed by atoms with Gasteiger partial charge in [0.25, 0.3) is 0 Å². The Bertz CT molecular complexity index is 1330. The monoisotopic (exact) mass is 560 g/mol. The average molecular weight is 561 g/mol. The number of benzene rings is 3. The first-order chi connectivity index (χ1) is 19.0. The minimum atomic E-state index is -1.08. The molecule has 3 N–H and O–H groups in total. The number of carboxylic acid groups (broad SMARTS) is 1. The molecule has 0 aliphatic heterocycles. The van der Waals surface area contributed by atoms with Crippen molar-refractivity contribution < 1.29 is 19.5 Å². The Labute approximate surface area is 241 Å². The van der Waals surface area contributed by atoms with Gasteiger partial charge in [-0.3, -0.25) is 14.4 Å². The lowest BCUT2D eigenvalue weighted by Gasteiger charge is -2.32. The van der Waals surface area contributed by atoms with E-state index in [0.717, 1.165) is 22.3 Å². The summed E-state index contributed by atoms with van der Waals surface area (Å²) in [4.78, 5) is 38.1. The number of amides is 2. The van der Waals surface area contributed by atoms with Crippen molar-refractivity contribution in [2.24, 2.45) is 11.3 Å². The highest BCUT2D eigenvalue weighted by molar-refractivity contribution is 6.33. The number of carbonyl (C=O) groups excluding carboxylic acids is 2. The van der Waals surface area contributed by atoms with Crippen LogP contribution in [0.1, 0.15) is 57.7 Å². The molecule has 0 radical (unpaired) electrons. The van der Waals surface area contributed by atoms with Gasteiger partial charge in [-0.1, -0.05) is 117 Å². The normalized spacial score (nSPS) is 13.8. The van der Waals surface area contributed by atoms with Crippen LogP contribution in [0, 0.1) is 11.3 Å². The van der Waals surface area contributed by atoms with Crippen LogP contribution in [0.2, 0.25) is 5.02 Å². The fourth-order valence-corrected chi connectivity index (χ4v) is 4.70. The maximum absolute atomic E-state index is 13.3. The third kappa shape index (κ3) is 8.82. The molecule has 6 nitrogen and oxygen atoms in total. The first kappa shape index (κ1) is 30.6. The number of allylic oxidation sites excluding steroid dienone is 1. The van der Waals surface area contributed by atoms with E-state index in [0.29, 0.717) is 5.02 Å². The predicted octanol–water partition coefficient (Wildman–Crippen LogP) is 6.91. The standard InChI is InChI=1S/C33H37ClN2O4/c1-22(24-13-7-5-8-14-24)35-32(40)30(33(2,3)4)36-31(39)26(21-29(37)38)17-11-12-23-18-19-27(28(34)20-23)25-15-9-6-10-16-25/h5-16,18-20,22,26,30H,17,21H2,1-4H3,(H,35,40)(H,36,39)(H,37,38)/t22-,26-,30-/m1/s1. The molecule has 0 spiro atoms. The lowest BCUT2D eigenvalue weighted by atomic mass is 9.85. The summed E-state index contributed by atoms with van der Waals surface area (Å²) >= 11 is 6.52. The summed E-state index contributed by atoms with van der Waals surface area (Å²) in [7, 11) is 0. The highest BCUT2D eigenvalue weighted by Gasteiger charge is 2.35. The number of halogens is 1. The molecule has 2 amide bonds. The molecule has 0 saturated carbocycles. The van der Waals surface area contributed by atoms with Crippen molar-refractivity contribution in [3.63, 3.8) is 0 Å². The van der Waals surface area contributed by atoms with Crippen LogP contribution in [0.4, 0.5) is 0 Å². The van der Waals surface area contributed by atoms with Crippen LogP contribution in [0.15, 0.2) is 84.9 Å². The fourth-order valence-electron chi connectivity index (χ4n) is 4.41. The minimum Gasteiger partial charge on any atom is -0.481 e. The lowest BCUT2D eigenvalue weighted by molar-refractivity contribution is -0.141. The maximum atomic E-state index is 13.3. The molecule has 3 aromatic rings. The fraction of sp³-hybridized carbons (Fsp3) is 0.303. The molecular formula is C33H37ClN2O4. The van der Waals surface area contributed by atoms with Crippen molar-refractivity contribution in [1.29, 1.82) is 0 Å². The summed E-state index contributed by atoms with van der Waals surface area (Å²) < 4.78 is 0. The Morgan fingerprint density at radius 2 is 1.52 bits per heavy atom. The van der Waals surface area contributed by atoms with Crippen LogP contribution in [0.3, 0.4) is 0 Å². The van der Waals surface area contributed by atoms with Gasteiger partial charge in [0.05, 0.1) is 18.4 Å². The molecule has 40 heavy (non-hydrogen) atoms. The first-order valence-corrected chi connectivity index (χ1v) is 13.7. The van der Waals surface area contributed by atoms with Crippen molar-refractivity contribution in [1.82, 2.24) is 10.6 Å². The molecule has 3 rings (SSSR count). The quantitative estimate of drug-likeness (QED) is 0.237. The van der Waals surface area contributed by atoms with E-state index in [1.807, 2.05) is 113 Å².